The zero-order valence-corrected chi connectivity index (χ0v) is 17.0. The number of H-pyrrole nitrogens is 1. The fourth-order valence-electron chi connectivity index (χ4n) is 3.98. The van der Waals surface area contributed by atoms with E-state index in [4.69, 9.17) is 4.74 Å². The Morgan fingerprint density at radius 2 is 1.75 bits per heavy atom. The molecule has 0 bridgehead atoms. The van der Waals surface area contributed by atoms with Gasteiger partial charge in [0.15, 0.2) is 0 Å². The molecule has 1 heterocycles. The van der Waals surface area contributed by atoms with Gasteiger partial charge in [0.1, 0.15) is 6.04 Å². The summed E-state index contributed by atoms with van der Waals surface area (Å²) in [4.78, 5) is 27.5. The summed E-state index contributed by atoms with van der Waals surface area (Å²) in [5.41, 5.74) is 7.65. The molecule has 0 aliphatic heterocycles. The number of methoxy groups -OCH3 is 1. The summed E-state index contributed by atoms with van der Waals surface area (Å²) in [6.07, 6.45) is 0.346. The number of aromatic nitrogens is 1. The van der Waals surface area contributed by atoms with Crippen molar-refractivity contribution in [3.05, 3.63) is 58.7 Å². The van der Waals surface area contributed by atoms with Gasteiger partial charge < -0.3 is 15.0 Å². The Morgan fingerprint density at radius 3 is 2.36 bits per heavy atom. The van der Waals surface area contributed by atoms with E-state index in [0.29, 0.717) is 6.42 Å². The third-order valence-corrected chi connectivity index (χ3v) is 5.01. The molecule has 5 heteroatoms. The van der Waals surface area contributed by atoms with Crippen molar-refractivity contribution >= 4 is 22.8 Å². The maximum atomic E-state index is 12.3. The van der Waals surface area contributed by atoms with Gasteiger partial charge in [0, 0.05) is 29.8 Å². The molecule has 2 aromatic carbocycles. The zero-order chi connectivity index (χ0) is 20.4. The molecule has 1 aromatic heterocycles. The molecule has 28 heavy (non-hydrogen) atoms. The maximum Gasteiger partial charge on any atom is 0.328 e. The quantitative estimate of drug-likeness (QED) is 0.660. The fraction of sp³-hybridized carbons (Fsp3) is 0.304. The standard InChI is InChI=1S/C23H26N2O3/c1-13-10-14(2)21(15(3)11-13)22-18(17-8-6-7-9-19(17)25-22)12-20(23(27)28-5)24-16(4)26/h6-11,20,25H,12H2,1-5H3,(H,24,26)/t20-/m0/s1. The first-order chi connectivity index (χ1) is 13.3. The molecular formula is C23H26N2O3. The molecule has 0 aliphatic rings. The predicted molar refractivity (Wildman–Crippen MR) is 111 cm³/mol. The van der Waals surface area contributed by atoms with Gasteiger partial charge in [0.05, 0.1) is 12.8 Å². The van der Waals surface area contributed by atoms with Crippen LogP contribution in [0.25, 0.3) is 22.2 Å². The molecule has 3 aromatic rings. The Kier molecular flexibility index (Phi) is 5.54. The highest BCUT2D eigenvalue weighted by Crippen LogP contribution is 2.35. The SMILES string of the molecule is COC(=O)[C@H](Cc1c(-c2c(C)cc(C)cc2C)[nH]c2ccccc12)NC(C)=O. The number of aromatic amines is 1. The maximum absolute atomic E-state index is 12.3. The summed E-state index contributed by atoms with van der Waals surface area (Å²) in [6.45, 7) is 7.67. The van der Waals surface area contributed by atoms with Crippen molar-refractivity contribution in [2.45, 2.75) is 40.2 Å². The average Bonchev–Trinajstić information content (AvgIpc) is 2.97. The van der Waals surface area contributed by atoms with E-state index in [9.17, 15) is 9.59 Å². The third-order valence-electron chi connectivity index (χ3n) is 5.01. The fourth-order valence-corrected chi connectivity index (χ4v) is 3.98. The van der Waals surface area contributed by atoms with Crippen LogP contribution in [0, 0.1) is 20.8 Å². The molecule has 0 unspecified atom stereocenters. The van der Waals surface area contributed by atoms with Crippen LogP contribution in [0.3, 0.4) is 0 Å². The number of nitrogens with one attached hydrogen (secondary N) is 2. The number of carbonyl (C=O) groups excluding carboxylic acids is 2. The number of rotatable bonds is 5. The topological polar surface area (TPSA) is 71.2 Å². The van der Waals surface area contributed by atoms with Crippen LogP contribution >= 0.6 is 0 Å². The van der Waals surface area contributed by atoms with Gasteiger partial charge in [-0.3, -0.25) is 4.79 Å². The number of benzene rings is 2. The Balaban J connectivity index is 2.20. The largest absolute Gasteiger partial charge is 0.467 e. The molecule has 5 nitrogen and oxygen atoms in total. The highest BCUT2D eigenvalue weighted by atomic mass is 16.5. The number of ether oxygens (including phenoxy) is 1. The van der Waals surface area contributed by atoms with Crippen molar-refractivity contribution < 1.29 is 14.3 Å². The van der Waals surface area contributed by atoms with Crippen molar-refractivity contribution in [3.8, 4) is 11.3 Å². The second-order valence-electron chi connectivity index (χ2n) is 7.28. The minimum Gasteiger partial charge on any atom is -0.467 e. The lowest BCUT2D eigenvalue weighted by Gasteiger charge is -2.18. The molecule has 146 valence electrons. The first-order valence-corrected chi connectivity index (χ1v) is 9.34. The van der Waals surface area contributed by atoms with E-state index < -0.39 is 12.0 Å². The highest BCUT2D eigenvalue weighted by molar-refractivity contribution is 5.93. The average molecular weight is 378 g/mol. The van der Waals surface area contributed by atoms with Crippen LogP contribution < -0.4 is 5.32 Å². The second-order valence-corrected chi connectivity index (χ2v) is 7.28. The molecule has 3 rings (SSSR count). The van der Waals surface area contributed by atoms with Crippen molar-refractivity contribution in [3.63, 3.8) is 0 Å². The van der Waals surface area contributed by atoms with Gasteiger partial charge >= 0.3 is 5.97 Å². The van der Waals surface area contributed by atoms with Crippen molar-refractivity contribution in [2.24, 2.45) is 0 Å². The summed E-state index contributed by atoms with van der Waals surface area (Å²) in [5.74, 6) is -0.719. The predicted octanol–water partition coefficient (Wildman–Crippen LogP) is 3.98. The van der Waals surface area contributed by atoms with Gasteiger partial charge in [-0.1, -0.05) is 35.9 Å². The van der Waals surface area contributed by atoms with Crippen molar-refractivity contribution in [2.75, 3.05) is 7.11 Å². The van der Waals surface area contributed by atoms with Crippen LogP contribution in [-0.2, 0) is 20.7 Å². The normalized spacial score (nSPS) is 12.0. The molecule has 2 N–H and O–H groups in total. The summed E-state index contributed by atoms with van der Waals surface area (Å²) in [5, 5.41) is 3.76. The zero-order valence-electron chi connectivity index (χ0n) is 17.0. The number of amides is 1. The number of esters is 1. The van der Waals surface area contributed by atoms with Crippen molar-refractivity contribution in [1.29, 1.82) is 0 Å². The van der Waals surface area contributed by atoms with Crippen LogP contribution in [0.4, 0.5) is 0 Å². The molecule has 0 aliphatic carbocycles. The first-order valence-electron chi connectivity index (χ1n) is 9.34. The van der Waals surface area contributed by atoms with E-state index in [1.807, 2.05) is 24.3 Å². The summed E-state index contributed by atoms with van der Waals surface area (Å²) in [6, 6.07) is 11.6. The molecule has 1 amide bonds. The van der Waals surface area contributed by atoms with Gasteiger partial charge in [0.2, 0.25) is 5.91 Å². The molecule has 1 atom stereocenters. The van der Waals surface area contributed by atoms with E-state index in [0.717, 1.165) is 27.7 Å². The number of para-hydroxylation sites is 1. The first kappa shape index (κ1) is 19.7. The van der Waals surface area contributed by atoms with E-state index >= 15 is 0 Å². The third kappa shape index (κ3) is 3.79. The van der Waals surface area contributed by atoms with E-state index in [1.165, 1.54) is 30.7 Å². The Morgan fingerprint density at radius 1 is 1.11 bits per heavy atom. The van der Waals surface area contributed by atoms with Crippen LogP contribution in [0.15, 0.2) is 36.4 Å². The van der Waals surface area contributed by atoms with Crippen molar-refractivity contribution in [1.82, 2.24) is 10.3 Å². The van der Waals surface area contributed by atoms with Gasteiger partial charge in [-0.2, -0.15) is 0 Å². The van der Waals surface area contributed by atoms with Gasteiger partial charge in [0.25, 0.3) is 0 Å². The Labute approximate surface area is 165 Å². The lowest BCUT2D eigenvalue weighted by Crippen LogP contribution is -2.42. The number of hydrogen-bond donors (Lipinski definition) is 2. The number of fused-ring (bicyclic) bond motifs is 1. The van der Waals surface area contributed by atoms with E-state index in [2.05, 4.69) is 43.2 Å². The summed E-state index contributed by atoms with van der Waals surface area (Å²) in [7, 11) is 1.33. The lowest BCUT2D eigenvalue weighted by atomic mass is 9.92. The molecule has 0 radical (unpaired) electrons. The van der Waals surface area contributed by atoms with Crippen LogP contribution in [-0.4, -0.2) is 30.0 Å². The molecule has 0 spiro atoms. The van der Waals surface area contributed by atoms with Gasteiger partial charge in [-0.25, -0.2) is 4.79 Å². The monoisotopic (exact) mass is 378 g/mol. The van der Waals surface area contributed by atoms with Crippen LogP contribution in [0.1, 0.15) is 29.2 Å². The van der Waals surface area contributed by atoms with Crippen LogP contribution in [0.5, 0.6) is 0 Å². The van der Waals surface area contributed by atoms with E-state index in [-0.39, 0.29) is 5.91 Å². The smallest absolute Gasteiger partial charge is 0.328 e. The lowest BCUT2D eigenvalue weighted by molar-refractivity contribution is -0.144. The second kappa shape index (κ2) is 7.89. The summed E-state index contributed by atoms with van der Waals surface area (Å²) < 4.78 is 4.92. The molecule has 0 saturated heterocycles. The minimum absolute atomic E-state index is 0.264. The number of aryl methyl sites for hydroxylation is 3. The van der Waals surface area contributed by atoms with Crippen LogP contribution in [0.2, 0.25) is 0 Å². The summed E-state index contributed by atoms with van der Waals surface area (Å²) >= 11 is 0. The Hall–Kier alpha value is -3.08. The minimum atomic E-state index is -0.744. The van der Waals surface area contributed by atoms with Gasteiger partial charge in [-0.15, -0.1) is 0 Å². The van der Waals surface area contributed by atoms with Gasteiger partial charge in [-0.05, 0) is 43.5 Å². The van der Waals surface area contributed by atoms with E-state index in [1.54, 1.807) is 0 Å². The number of hydrogen-bond acceptors (Lipinski definition) is 3. The highest BCUT2D eigenvalue weighted by Gasteiger charge is 2.25. The Bertz CT molecular complexity index is 1030. The molecule has 0 saturated carbocycles. The molecule has 0 fully saturated rings. The number of carbonyl (C=O) groups is 2. The molecular weight excluding hydrogens is 352 g/mol.